The van der Waals surface area contributed by atoms with Crippen molar-refractivity contribution in [3.63, 3.8) is 0 Å². The van der Waals surface area contributed by atoms with Crippen molar-refractivity contribution in [1.82, 2.24) is 5.32 Å². The first-order chi connectivity index (χ1) is 8.25. The maximum atomic E-state index is 3.88. The van der Waals surface area contributed by atoms with Crippen LogP contribution in [-0.4, -0.2) is 11.4 Å². The van der Waals surface area contributed by atoms with Crippen molar-refractivity contribution in [3.05, 3.63) is 35.9 Å². The Kier molecular flexibility index (Phi) is 3.27. The molecule has 0 aliphatic heterocycles. The molecule has 5 atom stereocenters. The van der Waals surface area contributed by atoms with Gasteiger partial charge in [0.15, 0.2) is 0 Å². The summed E-state index contributed by atoms with van der Waals surface area (Å²) in [7, 11) is 0. The van der Waals surface area contributed by atoms with Crippen molar-refractivity contribution >= 4 is 15.9 Å². The zero-order chi connectivity index (χ0) is 11.8. The summed E-state index contributed by atoms with van der Waals surface area (Å²) in [5, 5.41) is 3.68. The van der Waals surface area contributed by atoms with Gasteiger partial charge in [-0.2, -0.15) is 0 Å². The minimum atomic E-state index is 0.466. The quantitative estimate of drug-likeness (QED) is 0.834. The van der Waals surface area contributed by atoms with E-state index in [0.717, 1.165) is 29.1 Å². The van der Waals surface area contributed by atoms with Crippen LogP contribution in [0.1, 0.15) is 31.4 Å². The van der Waals surface area contributed by atoms with E-state index in [1.165, 1.54) is 18.4 Å². The van der Waals surface area contributed by atoms with Crippen molar-refractivity contribution in [3.8, 4) is 0 Å². The molecule has 2 heteroatoms. The second-order valence-corrected chi connectivity index (χ2v) is 6.70. The average Bonchev–Trinajstić information content (AvgIpc) is 3.07. The van der Waals surface area contributed by atoms with Crippen molar-refractivity contribution in [2.45, 2.75) is 30.6 Å². The van der Waals surface area contributed by atoms with Crippen molar-refractivity contribution in [1.29, 1.82) is 0 Å². The fourth-order valence-electron chi connectivity index (χ4n) is 3.18. The lowest BCUT2D eigenvalue weighted by Crippen LogP contribution is -2.29. The molecule has 0 heterocycles. The summed E-state index contributed by atoms with van der Waals surface area (Å²) in [6, 6.07) is 11.2. The van der Waals surface area contributed by atoms with Crippen molar-refractivity contribution < 1.29 is 0 Å². The second-order valence-electron chi connectivity index (χ2n) is 5.64. The van der Waals surface area contributed by atoms with Gasteiger partial charge in [0.2, 0.25) is 0 Å². The van der Waals surface area contributed by atoms with Crippen molar-refractivity contribution in [2.24, 2.45) is 17.8 Å². The molecule has 0 saturated heterocycles. The van der Waals surface area contributed by atoms with Gasteiger partial charge in [-0.25, -0.2) is 0 Å². The highest BCUT2D eigenvalue weighted by Crippen LogP contribution is 2.57. The number of fused-ring (bicyclic) bond motifs is 1. The molecule has 2 saturated carbocycles. The standard InChI is InChI=1S/C15H20BrN/c1-10(11-5-3-2-4-6-11)17-9-13-7-12-8-14(12)15(13)16/h2-6,10,12-15,17H,7-9H2,1H3/t10-,12-,13+,14?,15?/m0/s1. The van der Waals surface area contributed by atoms with E-state index in [-0.39, 0.29) is 0 Å². The Morgan fingerprint density at radius 1 is 1.29 bits per heavy atom. The Morgan fingerprint density at radius 3 is 2.71 bits per heavy atom. The summed E-state index contributed by atoms with van der Waals surface area (Å²) >= 11 is 3.88. The number of alkyl halides is 1. The Morgan fingerprint density at radius 2 is 2.06 bits per heavy atom. The molecule has 2 fully saturated rings. The van der Waals surface area contributed by atoms with Gasteiger partial charge in [-0.15, -0.1) is 0 Å². The lowest BCUT2D eigenvalue weighted by atomic mass is 10.0. The molecule has 2 unspecified atom stereocenters. The van der Waals surface area contributed by atoms with Gasteiger partial charge in [0.1, 0.15) is 0 Å². The number of hydrogen-bond acceptors (Lipinski definition) is 1. The second kappa shape index (κ2) is 4.74. The van der Waals surface area contributed by atoms with Crippen molar-refractivity contribution in [2.75, 3.05) is 6.54 Å². The van der Waals surface area contributed by atoms with Gasteiger partial charge in [-0.3, -0.25) is 0 Å². The summed E-state index contributed by atoms with van der Waals surface area (Å²) in [5.41, 5.74) is 1.39. The largest absolute Gasteiger partial charge is 0.310 e. The molecule has 1 N–H and O–H groups in total. The molecule has 17 heavy (non-hydrogen) atoms. The number of rotatable bonds is 4. The van der Waals surface area contributed by atoms with Crippen LogP contribution >= 0.6 is 15.9 Å². The third kappa shape index (κ3) is 2.43. The Labute approximate surface area is 112 Å². The Bertz CT molecular complexity index is 378. The van der Waals surface area contributed by atoms with Gasteiger partial charge in [0.25, 0.3) is 0 Å². The molecule has 0 spiro atoms. The Balaban J connectivity index is 1.51. The van der Waals surface area contributed by atoms with E-state index in [4.69, 9.17) is 0 Å². The predicted octanol–water partition coefficient (Wildman–Crippen LogP) is 3.76. The van der Waals surface area contributed by atoms with Crippen LogP contribution in [0.15, 0.2) is 30.3 Å². The maximum absolute atomic E-state index is 3.88. The molecule has 1 aromatic rings. The molecule has 0 bridgehead atoms. The van der Waals surface area contributed by atoms with Gasteiger partial charge in [-0.05, 0) is 49.6 Å². The molecule has 0 aromatic heterocycles. The molecule has 2 aliphatic carbocycles. The highest BCUT2D eigenvalue weighted by molar-refractivity contribution is 9.09. The summed E-state index contributed by atoms with van der Waals surface area (Å²) in [5.74, 6) is 2.87. The normalized spacial score (nSPS) is 36.6. The summed E-state index contributed by atoms with van der Waals surface area (Å²) in [4.78, 5) is 0.767. The lowest BCUT2D eigenvalue weighted by Gasteiger charge is -2.21. The van der Waals surface area contributed by atoms with Gasteiger partial charge in [0, 0.05) is 10.9 Å². The van der Waals surface area contributed by atoms with E-state index in [1.807, 2.05) is 0 Å². The minimum Gasteiger partial charge on any atom is -0.310 e. The van der Waals surface area contributed by atoms with Crippen LogP contribution in [0.25, 0.3) is 0 Å². The molecular weight excluding hydrogens is 274 g/mol. The number of nitrogens with one attached hydrogen (secondary N) is 1. The molecule has 3 rings (SSSR count). The van der Waals surface area contributed by atoms with E-state index >= 15 is 0 Å². The summed E-state index contributed by atoms with van der Waals surface area (Å²) in [6.07, 6.45) is 2.90. The van der Waals surface area contributed by atoms with E-state index in [2.05, 4.69) is 58.5 Å². The van der Waals surface area contributed by atoms with Crippen LogP contribution in [0, 0.1) is 17.8 Å². The monoisotopic (exact) mass is 293 g/mol. The molecule has 1 aromatic carbocycles. The molecule has 2 aliphatic rings. The fraction of sp³-hybridized carbons (Fsp3) is 0.600. The van der Waals surface area contributed by atoms with Crippen LogP contribution in [0.2, 0.25) is 0 Å². The molecule has 0 amide bonds. The van der Waals surface area contributed by atoms with Crippen LogP contribution in [0.4, 0.5) is 0 Å². The van der Waals surface area contributed by atoms with E-state index in [9.17, 15) is 0 Å². The molecule has 0 radical (unpaired) electrons. The van der Waals surface area contributed by atoms with E-state index in [0.29, 0.717) is 6.04 Å². The smallest absolute Gasteiger partial charge is 0.0291 e. The third-order valence-electron chi connectivity index (χ3n) is 4.43. The molecule has 92 valence electrons. The molecule has 1 nitrogen and oxygen atoms in total. The number of halogens is 1. The van der Waals surface area contributed by atoms with Crippen LogP contribution < -0.4 is 5.32 Å². The lowest BCUT2D eigenvalue weighted by molar-refractivity contribution is 0.431. The van der Waals surface area contributed by atoms with Crippen LogP contribution in [-0.2, 0) is 0 Å². The summed E-state index contributed by atoms with van der Waals surface area (Å²) in [6.45, 7) is 3.41. The van der Waals surface area contributed by atoms with E-state index < -0.39 is 0 Å². The van der Waals surface area contributed by atoms with Gasteiger partial charge in [-0.1, -0.05) is 46.3 Å². The van der Waals surface area contributed by atoms with Crippen LogP contribution in [0.3, 0.4) is 0 Å². The van der Waals surface area contributed by atoms with Gasteiger partial charge in [0.05, 0.1) is 0 Å². The van der Waals surface area contributed by atoms with Crippen LogP contribution in [0.5, 0.6) is 0 Å². The maximum Gasteiger partial charge on any atom is 0.0291 e. The van der Waals surface area contributed by atoms with Gasteiger partial charge < -0.3 is 5.32 Å². The third-order valence-corrected chi connectivity index (χ3v) is 5.85. The topological polar surface area (TPSA) is 12.0 Å². The summed E-state index contributed by atoms with van der Waals surface area (Å²) < 4.78 is 0. The Hall–Kier alpha value is -0.340. The highest BCUT2D eigenvalue weighted by atomic mass is 79.9. The first-order valence-corrected chi connectivity index (χ1v) is 7.59. The van der Waals surface area contributed by atoms with E-state index in [1.54, 1.807) is 0 Å². The zero-order valence-corrected chi connectivity index (χ0v) is 11.9. The van der Waals surface area contributed by atoms with Gasteiger partial charge >= 0.3 is 0 Å². The highest BCUT2D eigenvalue weighted by Gasteiger charge is 2.51. The number of hydrogen-bond donors (Lipinski definition) is 1. The number of benzene rings is 1. The first-order valence-electron chi connectivity index (χ1n) is 6.68. The average molecular weight is 294 g/mol. The zero-order valence-electron chi connectivity index (χ0n) is 10.3. The minimum absolute atomic E-state index is 0.466. The fourth-order valence-corrected chi connectivity index (χ4v) is 4.23. The molecular formula is C15H20BrN. The predicted molar refractivity (Wildman–Crippen MR) is 75.3 cm³/mol. The SMILES string of the molecule is C[C@H](NC[C@H]1C[C@H]2CC2C1Br)c1ccccc1. The first kappa shape index (κ1) is 11.7.